The Balaban J connectivity index is 2.33. The van der Waals surface area contributed by atoms with Crippen molar-refractivity contribution >= 4 is 11.9 Å². The van der Waals surface area contributed by atoms with Crippen molar-refractivity contribution in [3.8, 4) is 0 Å². The summed E-state index contributed by atoms with van der Waals surface area (Å²) in [5, 5.41) is 3.02. The van der Waals surface area contributed by atoms with Gasteiger partial charge in [-0.1, -0.05) is 13.8 Å². The number of carbonyl (C=O) groups is 2. The van der Waals surface area contributed by atoms with Crippen molar-refractivity contribution in [2.24, 2.45) is 11.8 Å². The third-order valence-electron chi connectivity index (χ3n) is 5.46. The van der Waals surface area contributed by atoms with Crippen LogP contribution >= 0.6 is 0 Å². The van der Waals surface area contributed by atoms with Crippen LogP contribution in [0.3, 0.4) is 0 Å². The van der Waals surface area contributed by atoms with Gasteiger partial charge in [-0.05, 0) is 38.3 Å². The van der Waals surface area contributed by atoms with E-state index in [0.717, 1.165) is 5.69 Å². The molecule has 7 nitrogen and oxygen atoms in total. The molecule has 0 aliphatic carbocycles. The van der Waals surface area contributed by atoms with Crippen LogP contribution in [0, 0.1) is 25.7 Å². The summed E-state index contributed by atoms with van der Waals surface area (Å²) in [6, 6.07) is 1.60. The molecule has 2 atom stereocenters. The molecule has 0 saturated carbocycles. The minimum absolute atomic E-state index is 0.122. The van der Waals surface area contributed by atoms with Crippen LogP contribution in [0.1, 0.15) is 42.4 Å². The number of carbonyl (C=O) groups excluding carboxylic acids is 2. The number of aryl methyl sites for hydroxylation is 2. The standard InChI is InChI=1S/C20H32N4O3/c1-8-24-14(5)9-13(4)17(19(24)26)18(25)23-10-15(12(2)3)16(11-23)21-20(27)22(6)7/h9,12,15-16H,8,10-11H2,1-7H3,(H,21,27)/t15-,16+/m0/s1. The van der Waals surface area contributed by atoms with Crippen LogP contribution < -0.4 is 10.9 Å². The van der Waals surface area contributed by atoms with Gasteiger partial charge in [0.25, 0.3) is 11.5 Å². The highest BCUT2D eigenvalue weighted by Crippen LogP contribution is 2.26. The lowest BCUT2D eigenvalue weighted by Gasteiger charge is -2.24. The Morgan fingerprint density at radius 3 is 2.41 bits per heavy atom. The maximum atomic E-state index is 13.2. The van der Waals surface area contributed by atoms with Gasteiger partial charge in [0.1, 0.15) is 5.56 Å². The van der Waals surface area contributed by atoms with Crippen molar-refractivity contribution in [3.63, 3.8) is 0 Å². The fraction of sp³-hybridized carbons (Fsp3) is 0.650. The second kappa shape index (κ2) is 8.15. The van der Waals surface area contributed by atoms with E-state index >= 15 is 0 Å². The largest absolute Gasteiger partial charge is 0.336 e. The van der Waals surface area contributed by atoms with Gasteiger partial charge < -0.3 is 19.7 Å². The molecule has 0 unspecified atom stereocenters. The molecule has 1 aromatic rings. The van der Waals surface area contributed by atoms with E-state index in [0.29, 0.717) is 31.1 Å². The van der Waals surface area contributed by atoms with Crippen molar-refractivity contribution in [2.45, 2.75) is 47.2 Å². The zero-order chi connectivity index (χ0) is 20.5. The number of urea groups is 1. The predicted molar refractivity (Wildman–Crippen MR) is 106 cm³/mol. The molecule has 1 saturated heterocycles. The van der Waals surface area contributed by atoms with Crippen molar-refractivity contribution in [3.05, 3.63) is 33.2 Å². The van der Waals surface area contributed by atoms with E-state index in [-0.39, 0.29) is 35.0 Å². The average Bonchev–Trinajstić information content (AvgIpc) is 2.98. The minimum Gasteiger partial charge on any atom is -0.336 e. The molecule has 0 radical (unpaired) electrons. The zero-order valence-electron chi connectivity index (χ0n) is 17.5. The smallest absolute Gasteiger partial charge is 0.317 e. The number of hydrogen-bond donors (Lipinski definition) is 1. The van der Waals surface area contributed by atoms with Crippen molar-refractivity contribution in [2.75, 3.05) is 27.2 Å². The number of hydrogen-bond acceptors (Lipinski definition) is 3. The summed E-state index contributed by atoms with van der Waals surface area (Å²) in [7, 11) is 3.39. The highest BCUT2D eigenvalue weighted by Gasteiger charge is 2.39. The summed E-state index contributed by atoms with van der Waals surface area (Å²) in [5.74, 6) is 0.214. The number of nitrogens with zero attached hydrogens (tertiary/aromatic N) is 3. The Morgan fingerprint density at radius 1 is 1.26 bits per heavy atom. The van der Waals surface area contributed by atoms with Crippen molar-refractivity contribution in [1.29, 1.82) is 0 Å². The second-order valence-electron chi connectivity index (χ2n) is 7.96. The Labute approximate surface area is 161 Å². The Morgan fingerprint density at radius 2 is 1.89 bits per heavy atom. The summed E-state index contributed by atoms with van der Waals surface area (Å²) in [5.41, 5.74) is 1.56. The molecular weight excluding hydrogens is 344 g/mol. The molecule has 0 aromatic carbocycles. The van der Waals surface area contributed by atoms with E-state index < -0.39 is 0 Å². The molecule has 2 rings (SSSR count). The van der Waals surface area contributed by atoms with Crippen LogP contribution in [0.2, 0.25) is 0 Å². The van der Waals surface area contributed by atoms with Crippen LogP contribution in [-0.2, 0) is 6.54 Å². The van der Waals surface area contributed by atoms with Gasteiger partial charge in [-0.2, -0.15) is 0 Å². The summed E-state index contributed by atoms with van der Waals surface area (Å²) in [4.78, 5) is 41.3. The second-order valence-corrected chi connectivity index (χ2v) is 7.96. The molecule has 150 valence electrons. The first-order valence-corrected chi connectivity index (χ1v) is 9.56. The zero-order valence-corrected chi connectivity index (χ0v) is 17.5. The molecule has 1 aliphatic rings. The molecule has 1 fully saturated rings. The van der Waals surface area contributed by atoms with Gasteiger partial charge >= 0.3 is 6.03 Å². The number of aromatic nitrogens is 1. The summed E-state index contributed by atoms with van der Waals surface area (Å²) >= 11 is 0. The third-order valence-corrected chi connectivity index (χ3v) is 5.46. The maximum Gasteiger partial charge on any atom is 0.317 e. The molecular formula is C20H32N4O3. The van der Waals surface area contributed by atoms with E-state index in [4.69, 9.17) is 0 Å². The molecule has 1 N–H and O–H groups in total. The van der Waals surface area contributed by atoms with Gasteiger partial charge in [-0.15, -0.1) is 0 Å². The molecule has 0 bridgehead atoms. The lowest BCUT2D eigenvalue weighted by Crippen LogP contribution is -2.46. The Bertz CT molecular complexity index is 782. The van der Waals surface area contributed by atoms with E-state index in [9.17, 15) is 14.4 Å². The van der Waals surface area contributed by atoms with Crippen LogP contribution in [0.25, 0.3) is 0 Å². The van der Waals surface area contributed by atoms with Gasteiger partial charge in [0.05, 0.1) is 6.04 Å². The quantitative estimate of drug-likeness (QED) is 0.871. The van der Waals surface area contributed by atoms with E-state index in [2.05, 4.69) is 19.2 Å². The number of rotatable bonds is 4. The topological polar surface area (TPSA) is 74.7 Å². The van der Waals surface area contributed by atoms with Gasteiger partial charge in [-0.25, -0.2) is 4.79 Å². The molecule has 3 amide bonds. The fourth-order valence-electron chi connectivity index (χ4n) is 3.85. The first-order chi connectivity index (χ1) is 12.6. The molecule has 1 aliphatic heterocycles. The summed E-state index contributed by atoms with van der Waals surface area (Å²) < 4.78 is 1.63. The fourth-order valence-corrected chi connectivity index (χ4v) is 3.85. The van der Waals surface area contributed by atoms with Gasteiger partial charge in [0.2, 0.25) is 0 Å². The normalized spacial score (nSPS) is 19.5. The third kappa shape index (κ3) is 4.17. The van der Waals surface area contributed by atoms with Crippen LogP contribution in [-0.4, -0.2) is 59.5 Å². The molecule has 1 aromatic heterocycles. The number of nitrogens with one attached hydrogen (secondary N) is 1. The van der Waals surface area contributed by atoms with Gasteiger partial charge in [-0.3, -0.25) is 9.59 Å². The molecule has 27 heavy (non-hydrogen) atoms. The lowest BCUT2D eigenvalue weighted by atomic mass is 9.91. The van der Waals surface area contributed by atoms with Crippen molar-refractivity contribution in [1.82, 2.24) is 19.7 Å². The minimum atomic E-state index is -0.244. The first-order valence-electron chi connectivity index (χ1n) is 9.56. The molecule has 7 heteroatoms. The highest BCUT2D eigenvalue weighted by atomic mass is 16.2. The summed E-state index contributed by atoms with van der Waals surface area (Å²) in [6.07, 6.45) is 0. The highest BCUT2D eigenvalue weighted by molar-refractivity contribution is 5.95. The van der Waals surface area contributed by atoms with Gasteiger partial charge in [0.15, 0.2) is 0 Å². The van der Waals surface area contributed by atoms with Crippen LogP contribution in [0.15, 0.2) is 10.9 Å². The molecule has 2 heterocycles. The SMILES string of the molecule is CCn1c(C)cc(C)c(C(=O)N2C[C@@H](NC(=O)N(C)C)[C@H](C(C)C)C2)c1=O. The number of pyridine rings is 1. The van der Waals surface area contributed by atoms with Crippen molar-refractivity contribution < 1.29 is 9.59 Å². The maximum absolute atomic E-state index is 13.2. The number of likely N-dealkylation sites (tertiary alicyclic amines) is 1. The summed E-state index contributed by atoms with van der Waals surface area (Å²) in [6.45, 7) is 11.3. The Hall–Kier alpha value is -2.31. The average molecular weight is 377 g/mol. The lowest BCUT2D eigenvalue weighted by molar-refractivity contribution is 0.0779. The van der Waals surface area contributed by atoms with Gasteiger partial charge in [0, 0.05) is 45.3 Å². The predicted octanol–water partition coefficient (Wildman–Crippen LogP) is 1.85. The Kier molecular flexibility index (Phi) is 6.34. The van der Waals surface area contributed by atoms with Crippen LogP contribution in [0.4, 0.5) is 4.79 Å². The van der Waals surface area contributed by atoms with E-state index in [1.807, 2.05) is 26.8 Å². The van der Waals surface area contributed by atoms with E-state index in [1.165, 1.54) is 4.90 Å². The monoisotopic (exact) mass is 376 g/mol. The number of amides is 3. The van der Waals surface area contributed by atoms with Crippen LogP contribution in [0.5, 0.6) is 0 Å². The first kappa shape index (κ1) is 21.0. The van der Waals surface area contributed by atoms with E-state index in [1.54, 1.807) is 23.6 Å². The molecule has 0 spiro atoms.